The molecule has 0 saturated heterocycles. The van der Waals surface area contributed by atoms with E-state index in [-0.39, 0.29) is 10.4 Å². The van der Waals surface area contributed by atoms with Gasteiger partial charge >= 0.3 is 0 Å². The predicted molar refractivity (Wildman–Crippen MR) is 104 cm³/mol. The average Bonchev–Trinajstić information content (AvgIpc) is 3.10. The smallest absolute Gasteiger partial charge is 0.275 e. The van der Waals surface area contributed by atoms with E-state index in [1.807, 2.05) is 30.3 Å². The van der Waals surface area contributed by atoms with Gasteiger partial charge in [-0.05, 0) is 41.4 Å². The van der Waals surface area contributed by atoms with Gasteiger partial charge in [0, 0.05) is 19.0 Å². The van der Waals surface area contributed by atoms with E-state index in [1.165, 1.54) is 11.0 Å². The van der Waals surface area contributed by atoms with Crippen LogP contribution in [-0.4, -0.2) is 26.9 Å². The maximum absolute atomic E-state index is 12.6. The van der Waals surface area contributed by atoms with Crippen molar-refractivity contribution in [1.82, 2.24) is 14.5 Å². The minimum atomic E-state index is -0.538. The summed E-state index contributed by atoms with van der Waals surface area (Å²) in [7, 11) is 0. The third-order valence-corrected chi connectivity index (χ3v) is 4.63. The highest BCUT2D eigenvalue weighted by atomic mass is 32.1. The monoisotopic (exact) mass is 395 g/mol. The van der Waals surface area contributed by atoms with E-state index in [1.54, 1.807) is 24.3 Å². The van der Waals surface area contributed by atoms with E-state index in [2.05, 4.69) is 15.4 Å². The van der Waals surface area contributed by atoms with Crippen LogP contribution in [0.4, 0.5) is 0 Å². The highest BCUT2D eigenvalue weighted by Crippen LogP contribution is 2.11. The van der Waals surface area contributed by atoms with E-state index < -0.39 is 17.7 Å². The summed E-state index contributed by atoms with van der Waals surface area (Å²) >= 11 is 1.05. The Morgan fingerprint density at radius 3 is 2.39 bits per heavy atom. The molecule has 3 aromatic rings. The number of rotatable bonds is 5. The Kier molecular flexibility index (Phi) is 5.75. The zero-order chi connectivity index (χ0) is 20.1. The van der Waals surface area contributed by atoms with Gasteiger partial charge < -0.3 is 11.1 Å². The second-order valence-corrected chi connectivity index (χ2v) is 6.74. The molecule has 8 nitrogen and oxygen atoms in total. The molecule has 1 aromatic heterocycles. The number of nitrogens with two attached hydrogens (primary N) is 1. The number of nitrogens with one attached hydrogen (secondary N) is 1. The molecule has 0 radical (unpaired) electrons. The molecule has 0 unspecified atom stereocenters. The second-order valence-electron chi connectivity index (χ2n) is 5.83. The summed E-state index contributed by atoms with van der Waals surface area (Å²) in [5.74, 6) is -1.41. The third kappa shape index (κ3) is 4.57. The van der Waals surface area contributed by atoms with Crippen LogP contribution in [0, 0.1) is 0 Å². The largest absolute Gasteiger partial charge is 0.366 e. The van der Waals surface area contributed by atoms with Crippen LogP contribution in [0.25, 0.3) is 5.69 Å². The molecule has 1 heterocycles. The van der Waals surface area contributed by atoms with Crippen LogP contribution in [0.15, 0.2) is 59.6 Å². The van der Waals surface area contributed by atoms with E-state index >= 15 is 0 Å². The zero-order valence-electron chi connectivity index (χ0n) is 15.0. The van der Waals surface area contributed by atoms with Crippen molar-refractivity contribution in [3.05, 3.63) is 76.1 Å². The van der Waals surface area contributed by atoms with Gasteiger partial charge in [0.2, 0.25) is 11.8 Å². The third-order valence-electron chi connectivity index (χ3n) is 3.71. The lowest BCUT2D eigenvalue weighted by atomic mass is 10.2. The van der Waals surface area contributed by atoms with Gasteiger partial charge in [0.25, 0.3) is 5.91 Å². The maximum atomic E-state index is 12.6. The highest BCUT2D eigenvalue weighted by Gasteiger charge is 2.16. The SMILES string of the molecule is CC(=O)N=c1sn(-c2ccc(C(N)=O)cc2)nc1C(=O)NCc1ccccc1. The Morgan fingerprint density at radius 1 is 1.11 bits per heavy atom. The van der Waals surface area contributed by atoms with Crippen LogP contribution in [-0.2, 0) is 11.3 Å². The van der Waals surface area contributed by atoms with Crippen LogP contribution < -0.4 is 15.7 Å². The Morgan fingerprint density at radius 2 is 1.79 bits per heavy atom. The average molecular weight is 395 g/mol. The van der Waals surface area contributed by atoms with Gasteiger partial charge in [-0.3, -0.25) is 14.4 Å². The van der Waals surface area contributed by atoms with Crippen LogP contribution in [0.3, 0.4) is 0 Å². The molecule has 0 aliphatic carbocycles. The molecule has 0 aliphatic heterocycles. The summed E-state index contributed by atoms with van der Waals surface area (Å²) in [6.45, 7) is 1.63. The standard InChI is InChI=1S/C19H17N5O3S/c1-12(25)22-19-16(18(27)21-11-13-5-3-2-4-6-13)23-24(28-19)15-9-7-14(8-10-15)17(20)26/h2-10H,11H2,1H3,(H2,20,26)(H,21,27). The fourth-order valence-electron chi connectivity index (χ4n) is 2.36. The number of carbonyl (C=O) groups is 3. The molecule has 0 saturated carbocycles. The summed E-state index contributed by atoms with van der Waals surface area (Å²) in [6, 6.07) is 15.8. The number of carbonyl (C=O) groups excluding carboxylic acids is 3. The Hall–Kier alpha value is -3.59. The molecule has 0 bridgehead atoms. The molecule has 28 heavy (non-hydrogen) atoms. The van der Waals surface area contributed by atoms with Gasteiger partial charge in [-0.25, -0.2) is 0 Å². The number of hydrogen-bond acceptors (Lipinski definition) is 5. The molecule has 3 amide bonds. The van der Waals surface area contributed by atoms with E-state index in [0.29, 0.717) is 17.8 Å². The van der Waals surface area contributed by atoms with Crippen molar-refractivity contribution in [3.63, 3.8) is 0 Å². The zero-order valence-corrected chi connectivity index (χ0v) is 15.8. The van der Waals surface area contributed by atoms with Crippen molar-refractivity contribution in [1.29, 1.82) is 0 Å². The Balaban J connectivity index is 1.90. The number of benzene rings is 2. The number of nitrogens with zero attached hydrogens (tertiary/aromatic N) is 3. The minimum absolute atomic E-state index is 0.0510. The molecule has 0 spiro atoms. The number of aromatic nitrogens is 2. The number of primary amides is 1. The second kappa shape index (κ2) is 8.40. The number of amides is 3. The molecule has 3 N–H and O–H groups in total. The topological polar surface area (TPSA) is 119 Å². The van der Waals surface area contributed by atoms with E-state index in [0.717, 1.165) is 17.1 Å². The molecular weight excluding hydrogens is 378 g/mol. The van der Waals surface area contributed by atoms with Crippen LogP contribution in [0.1, 0.15) is 33.3 Å². The summed E-state index contributed by atoms with van der Waals surface area (Å²) in [5, 5.41) is 7.06. The molecule has 9 heteroatoms. The summed E-state index contributed by atoms with van der Waals surface area (Å²) in [5.41, 5.74) is 7.19. The van der Waals surface area contributed by atoms with Crippen LogP contribution >= 0.6 is 11.5 Å². The number of hydrogen-bond donors (Lipinski definition) is 2. The minimum Gasteiger partial charge on any atom is -0.366 e. The van der Waals surface area contributed by atoms with Gasteiger partial charge in [-0.15, -0.1) is 5.10 Å². The molecule has 0 aliphatic rings. The van der Waals surface area contributed by atoms with Gasteiger partial charge in [0.05, 0.1) is 5.69 Å². The van der Waals surface area contributed by atoms with Crippen molar-refractivity contribution >= 4 is 29.3 Å². The molecular formula is C19H17N5O3S. The molecule has 0 fully saturated rings. The van der Waals surface area contributed by atoms with Gasteiger partial charge in [0.1, 0.15) is 0 Å². The Bertz CT molecular complexity index is 1080. The summed E-state index contributed by atoms with van der Waals surface area (Å²) in [4.78, 5) is 39.1. The van der Waals surface area contributed by atoms with Gasteiger partial charge in [-0.2, -0.15) is 9.06 Å². The van der Waals surface area contributed by atoms with Crippen molar-refractivity contribution < 1.29 is 14.4 Å². The van der Waals surface area contributed by atoms with Crippen molar-refractivity contribution in [2.24, 2.45) is 10.7 Å². The van der Waals surface area contributed by atoms with Gasteiger partial charge in [0.15, 0.2) is 10.4 Å². The van der Waals surface area contributed by atoms with Crippen molar-refractivity contribution in [3.8, 4) is 5.69 Å². The van der Waals surface area contributed by atoms with Crippen LogP contribution in [0.5, 0.6) is 0 Å². The first-order valence-electron chi connectivity index (χ1n) is 8.32. The molecule has 142 valence electrons. The van der Waals surface area contributed by atoms with E-state index in [4.69, 9.17) is 5.73 Å². The summed E-state index contributed by atoms with van der Waals surface area (Å²) < 4.78 is 1.67. The lowest BCUT2D eigenvalue weighted by Crippen LogP contribution is -2.27. The Labute approximate surface area is 164 Å². The fourth-order valence-corrected chi connectivity index (χ4v) is 3.27. The summed E-state index contributed by atoms with van der Waals surface area (Å²) in [6.07, 6.45) is 0. The lowest BCUT2D eigenvalue weighted by molar-refractivity contribution is -0.116. The lowest BCUT2D eigenvalue weighted by Gasteiger charge is -2.03. The van der Waals surface area contributed by atoms with Crippen molar-refractivity contribution in [2.75, 3.05) is 0 Å². The normalized spacial score (nSPS) is 11.2. The molecule has 3 rings (SSSR count). The van der Waals surface area contributed by atoms with Crippen molar-refractivity contribution in [2.45, 2.75) is 13.5 Å². The van der Waals surface area contributed by atoms with E-state index in [9.17, 15) is 14.4 Å². The first kappa shape index (κ1) is 19.2. The van der Waals surface area contributed by atoms with Gasteiger partial charge in [-0.1, -0.05) is 30.3 Å². The quantitative estimate of drug-likeness (QED) is 0.679. The fraction of sp³-hybridized carbons (Fsp3) is 0.105. The molecule has 0 atom stereocenters. The first-order chi connectivity index (χ1) is 13.4. The highest BCUT2D eigenvalue weighted by molar-refractivity contribution is 7.04. The molecule has 2 aromatic carbocycles. The maximum Gasteiger partial charge on any atom is 0.275 e. The first-order valence-corrected chi connectivity index (χ1v) is 9.09. The predicted octanol–water partition coefficient (Wildman–Crippen LogP) is 1.41. The van der Waals surface area contributed by atoms with Crippen LogP contribution in [0.2, 0.25) is 0 Å².